The second-order valence-corrected chi connectivity index (χ2v) is 4.22. The van der Waals surface area contributed by atoms with Crippen LogP contribution in [0.15, 0.2) is 21.9 Å². The zero-order valence-corrected chi connectivity index (χ0v) is 12.9. The van der Waals surface area contributed by atoms with Crippen LogP contribution >= 0.6 is 0 Å². The monoisotopic (exact) mass is 321 g/mol. The second-order valence-electron chi connectivity index (χ2n) is 4.22. The predicted octanol–water partition coefficient (Wildman–Crippen LogP) is -1.50. The van der Waals surface area contributed by atoms with E-state index in [4.69, 9.17) is 25.7 Å². The van der Waals surface area contributed by atoms with E-state index in [0.29, 0.717) is 22.8 Å². The first-order valence-corrected chi connectivity index (χ1v) is 6.41. The summed E-state index contributed by atoms with van der Waals surface area (Å²) in [6.45, 7) is 0. The van der Waals surface area contributed by atoms with Crippen LogP contribution in [0.5, 0.6) is 17.2 Å². The van der Waals surface area contributed by atoms with Gasteiger partial charge in [0.2, 0.25) is 12.1 Å². The van der Waals surface area contributed by atoms with E-state index in [0.717, 1.165) is 0 Å². The number of hydrazone groups is 1. The first-order chi connectivity index (χ1) is 11.1. The molecule has 1 aromatic heterocycles. The number of ether oxygens (including phenoxy) is 3. The summed E-state index contributed by atoms with van der Waals surface area (Å²) >= 11 is 0. The van der Waals surface area contributed by atoms with Gasteiger partial charge in [0.25, 0.3) is 0 Å². The van der Waals surface area contributed by atoms with Crippen molar-refractivity contribution in [1.82, 2.24) is 10.3 Å². The number of rotatable bonds is 6. The Bertz CT molecular complexity index is 740. The minimum atomic E-state index is 0.0273. The van der Waals surface area contributed by atoms with Crippen LogP contribution in [0.2, 0.25) is 0 Å². The fourth-order valence-corrected chi connectivity index (χ4v) is 1.76. The molecule has 0 radical (unpaired) electrons. The number of hydrogen-bond donors (Lipinski definition) is 3. The standard InChI is InChI=1S/C13H16N6O4/c1-20-8-5-10(22-3)9(21-2)4-7(8)6-16-17-12(14)11-13(15)19-23-18-11/h4-6H,1-3H3,(H2,14,17)(H2,15,19)/p+1/b16-6-. The van der Waals surface area contributed by atoms with Gasteiger partial charge >= 0.3 is 0 Å². The van der Waals surface area contributed by atoms with Crippen molar-refractivity contribution in [2.45, 2.75) is 0 Å². The lowest BCUT2D eigenvalue weighted by Gasteiger charge is -2.10. The molecule has 1 heterocycles. The van der Waals surface area contributed by atoms with Crippen LogP contribution in [0.3, 0.4) is 0 Å². The molecule has 0 atom stereocenters. The van der Waals surface area contributed by atoms with Crippen molar-refractivity contribution in [2.24, 2.45) is 10.8 Å². The number of benzene rings is 1. The van der Waals surface area contributed by atoms with Crippen molar-refractivity contribution in [3.63, 3.8) is 0 Å². The van der Waals surface area contributed by atoms with Gasteiger partial charge in [-0.3, -0.25) is 0 Å². The average molecular weight is 321 g/mol. The molecule has 0 bridgehead atoms. The molecule has 122 valence electrons. The number of nitrogens with two attached hydrogens (primary N) is 2. The Kier molecular flexibility index (Phi) is 4.97. The summed E-state index contributed by atoms with van der Waals surface area (Å²) in [5.41, 5.74) is 12.1. The van der Waals surface area contributed by atoms with Gasteiger partial charge in [-0.1, -0.05) is 0 Å². The van der Waals surface area contributed by atoms with Crippen molar-refractivity contribution in [3.05, 3.63) is 23.4 Å². The zero-order valence-electron chi connectivity index (χ0n) is 12.9. The minimum Gasteiger partial charge on any atom is -0.496 e. The van der Waals surface area contributed by atoms with E-state index < -0.39 is 0 Å². The molecule has 0 unspecified atom stereocenters. The van der Waals surface area contributed by atoms with Crippen LogP contribution in [0.1, 0.15) is 11.3 Å². The molecule has 2 rings (SSSR count). The Morgan fingerprint density at radius 1 is 1.13 bits per heavy atom. The van der Waals surface area contributed by atoms with Crippen LogP contribution < -0.4 is 30.8 Å². The summed E-state index contributed by atoms with van der Waals surface area (Å²) in [6.07, 6.45) is 1.57. The molecule has 1 aromatic carbocycles. The lowest BCUT2D eigenvalue weighted by atomic mass is 10.2. The van der Waals surface area contributed by atoms with Crippen molar-refractivity contribution in [3.8, 4) is 17.2 Å². The summed E-state index contributed by atoms with van der Waals surface area (Å²) in [7, 11) is 4.62. The quantitative estimate of drug-likeness (QED) is 0.331. The molecule has 0 saturated carbocycles. The van der Waals surface area contributed by atoms with Crippen molar-refractivity contribution in [2.75, 3.05) is 27.1 Å². The Morgan fingerprint density at radius 2 is 1.78 bits per heavy atom. The highest BCUT2D eigenvalue weighted by atomic mass is 16.6. The SMILES string of the molecule is COc1cc(OC)c(OC)cc1/C=[NH+]\N=C(N)c1nonc1N. The number of anilines is 1. The number of amidine groups is 1. The molecule has 10 nitrogen and oxygen atoms in total. The molecule has 0 amide bonds. The molecule has 23 heavy (non-hydrogen) atoms. The van der Waals surface area contributed by atoms with Gasteiger partial charge in [0, 0.05) is 17.2 Å². The van der Waals surface area contributed by atoms with Gasteiger partial charge in [-0.25, -0.2) is 4.63 Å². The third-order valence-corrected chi connectivity index (χ3v) is 2.90. The molecule has 0 aliphatic heterocycles. The van der Waals surface area contributed by atoms with Crippen molar-refractivity contribution >= 4 is 17.9 Å². The third kappa shape index (κ3) is 3.48. The maximum atomic E-state index is 5.73. The van der Waals surface area contributed by atoms with E-state index in [1.165, 1.54) is 14.2 Å². The van der Waals surface area contributed by atoms with Crippen LogP contribution in [-0.2, 0) is 0 Å². The molecule has 0 saturated heterocycles. The number of nitrogen functional groups attached to an aromatic ring is 1. The van der Waals surface area contributed by atoms with Gasteiger partial charge < -0.3 is 25.7 Å². The molecule has 0 fully saturated rings. The molecule has 10 heteroatoms. The van der Waals surface area contributed by atoms with E-state index in [1.54, 1.807) is 25.5 Å². The number of aromatic nitrogens is 2. The Morgan fingerprint density at radius 3 is 2.35 bits per heavy atom. The fraction of sp³-hybridized carbons (Fsp3) is 0.231. The summed E-state index contributed by atoms with van der Waals surface area (Å²) in [5, 5.41) is 13.6. The number of nitrogens with zero attached hydrogens (tertiary/aromatic N) is 3. The normalized spacial score (nSPS) is 11.7. The largest absolute Gasteiger partial charge is 0.496 e. The highest BCUT2D eigenvalue weighted by Gasteiger charge is 2.14. The Labute approximate surface area is 131 Å². The topological polar surface area (TPSA) is 145 Å². The van der Waals surface area contributed by atoms with E-state index in [9.17, 15) is 0 Å². The highest BCUT2D eigenvalue weighted by Crippen LogP contribution is 2.33. The van der Waals surface area contributed by atoms with E-state index >= 15 is 0 Å². The van der Waals surface area contributed by atoms with Gasteiger partial charge in [-0.15, -0.1) is 5.10 Å². The molecular formula is C13H17N6O4+. The van der Waals surface area contributed by atoms with Gasteiger partial charge in [0.15, 0.2) is 23.0 Å². The number of nitrogens with one attached hydrogen (secondary N) is 1. The fourth-order valence-electron chi connectivity index (χ4n) is 1.76. The summed E-state index contributed by atoms with van der Waals surface area (Å²) < 4.78 is 20.2. The predicted molar refractivity (Wildman–Crippen MR) is 81.7 cm³/mol. The van der Waals surface area contributed by atoms with Crippen LogP contribution in [0.4, 0.5) is 5.82 Å². The number of methoxy groups -OCH3 is 3. The maximum absolute atomic E-state index is 5.73. The molecule has 2 aromatic rings. The van der Waals surface area contributed by atoms with E-state index in [2.05, 4.69) is 25.1 Å². The maximum Gasteiger partial charge on any atom is 0.224 e. The molecule has 0 aliphatic carbocycles. The van der Waals surface area contributed by atoms with Gasteiger partial charge in [-0.2, -0.15) is 0 Å². The minimum absolute atomic E-state index is 0.0273. The lowest BCUT2D eigenvalue weighted by Crippen LogP contribution is -2.63. The van der Waals surface area contributed by atoms with Crippen LogP contribution in [0, 0.1) is 0 Å². The lowest BCUT2D eigenvalue weighted by molar-refractivity contribution is -0.456. The number of hydrogen-bond acceptors (Lipinski definition) is 8. The molecule has 5 N–H and O–H groups in total. The zero-order chi connectivity index (χ0) is 16.8. The Balaban J connectivity index is 2.30. The van der Waals surface area contributed by atoms with Crippen LogP contribution in [0.25, 0.3) is 0 Å². The Hall–Kier alpha value is -3.30. The smallest absolute Gasteiger partial charge is 0.224 e. The van der Waals surface area contributed by atoms with E-state index in [-0.39, 0.29) is 17.3 Å². The summed E-state index contributed by atoms with van der Waals surface area (Å²) in [4.78, 5) is 0. The van der Waals surface area contributed by atoms with E-state index in [1.807, 2.05) is 0 Å². The van der Waals surface area contributed by atoms with Gasteiger partial charge in [-0.05, 0) is 10.3 Å². The average Bonchev–Trinajstić information content (AvgIpc) is 3.00. The third-order valence-electron chi connectivity index (χ3n) is 2.90. The van der Waals surface area contributed by atoms with Crippen molar-refractivity contribution < 1.29 is 23.9 Å². The second kappa shape index (κ2) is 7.11. The summed E-state index contributed by atoms with van der Waals surface area (Å²) in [5.74, 6) is 1.73. The highest BCUT2D eigenvalue weighted by molar-refractivity contribution is 5.98. The van der Waals surface area contributed by atoms with Crippen molar-refractivity contribution in [1.29, 1.82) is 0 Å². The summed E-state index contributed by atoms with van der Waals surface area (Å²) in [6, 6.07) is 3.42. The first kappa shape index (κ1) is 16.1. The molecule has 0 aliphatic rings. The first-order valence-electron chi connectivity index (χ1n) is 6.41. The molecule has 0 spiro atoms. The molecular weight excluding hydrogens is 304 g/mol. The van der Waals surface area contributed by atoms with Gasteiger partial charge in [0.05, 0.1) is 26.9 Å². The van der Waals surface area contributed by atoms with Crippen LogP contribution in [-0.4, -0.2) is 43.7 Å². The van der Waals surface area contributed by atoms with Gasteiger partial charge in [0.1, 0.15) is 5.75 Å².